The van der Waals surface area contributed by atoms with Crippen LogP contribution in [-0.4, -0.2) is 53.3 Å². The van der Waals surface area contributed by atoms with E-state index in [1.165, 1.54) is 0 Å². The molecule has 2 aromatic carbocycles. The summed E-state index contributed by atoms with van der Waals surface area (Å²) in [5, 5.41) is 2.99. The fourth-order valence-electron chi connectivity index (χ4n) is 4.48. The van der Waals surface area contributed by atoms with Gasteiger partial charge in [-0.1, -0.05) is 15.9 Å². The number of urea groups is 1. The zero-order valence-electron chi connectivity index (χ0n) is 17.8. The lowest BCUT2D eigenvalue weighted by molar-refractivity contribution is 0.174. The molecule has 0 bridgehead atoms. The van der Waals surface area contributed by atoms with E-state index in [9.17, 15) is 4.79 Å². The molecule has 6 rings (SSSR count). The van der Waals surface area contributed by atoms with Gasteiger partial charge in [0.1, 0.15) is 0 Å². The van der Waals surface area contributed by atoms with Gasteiger partial charge in [0.05, 0.1) is 16.6 Å². The number of anilines is 2. The Morgan fingerprint density at radius 1 is 0.970 bits per heavy atom. The largest absolute Gasteiger partial charge is 0.454 e. The molecule has 9 heteroatoms. The Balaban J connectivity index is 1.21. The maximum atomic E-state index is 12.9. The van der Waals surface area contributed by atoms with Crippen molar-refractivity contribution in [1.82, 2.24) is 14.3 Å². The highest BCUT2D eigenvalue weighted by molar-refractivity contribution is 9.10. The van der Waals surface area contributed by atoms with E-state index in [0.29, 0.717) is 36.8 Å². The van der Waals surface area contributed by atoms with Crippen molar-refractivity contribution in [3.05, 3.63) is 59.2 Å². The second-order valence-electron chi connectivity index (χ2n) is 8.16. The molecule has 0 radical (unpaired) electrons. The van der Waals surface area contributed by atoms with Crippen LogP contribution in [0.1, 0.15) is 6.42 Å². The molecule has 168 valence electrons. The lowest BCUT2D eigenvalue weighted by atomic mass is 10.3. The average molecular weight is 508 g/mol. The van der Waals surface area contributed by atoms with Gasteiger partial charge in [-0.15, -0.1) is 0 Å². The van der Waals surface area contributed by atoms with Crippen molar-refractivity contribution < 1.29 is 14.3 Å². The third-order valence-electron chi connectivity index (χ3n) is 6.11. The van der Waals surface area contributed by atoms with Gasteiger partial charge in [0, 0.05) is 48.6 Å². The first-order chi connectivity index (χ1) is 16.2. The molecule has 2 aromatic heterocycles. The van der Waals surface area contributed by atoms with Crippen LogP contribution in [0.15, 0.2) is 59.2 Å². The summed E-state index contributed by atoms with van der Waals surface area (Å²) >= 11 is 3.56. The van der Waals surface area contributed by atoms with Crippen molar-refractivity contribution in [3.63, 3.8) is 0 Å². The van der Waals surface area contributed by atoms with Gasteiger partial charge >= 0.3 is 6.03 Å². The highest BCUT2D eigenvalue weighted by atomic mass is 79.9. The Labute approximate surface area is 198 Å². The standard InChI is InChI=1S/C24H22BrN5O3/c25-16-4-6-19-18(13-16)27-23(20-3-1-10-30(19)20)28-8-2-9-29(12-11-28)24(31)26-17-5-7-21-22(14-17)33-15-32-21/h1,3-7,10,13-14H,2,8-9,11-12,15H2,(H,26,31). The molecule has 2 aliphatic rings. The molecular weight excluding hydrogens is 486 g/mol. The van der Waals surface area contributed by atoms with E-state index >= 15 is 0 Å². The number of hydrogen-bond acceptors (Lipinski definition) is 5. The SMILES string of the molecule is O=C(Nc1ccc2c(c1)OCO2)N1CCCN(c2nc3cc(Br)ccc3n3cccc23)CC1. The molecule has 2 amide bonds. The second kappa shape index (κ2) is 8.15. The monoisotopic (exact) mass is 507 g/mol. The normalized spacial score (nSPS) is 15.8. The molecule has 1 fully saturated rings. The number of benzene rings is 2. The molecule has 1 N–H and O–H groups in total. The molecule has 4 aromatic rings. The van der Waals surface area contributed by atoms with Gasteiger partial charge in [0.2, 0.25) is 6.79 Å². The summed E-state index contributed by atoms with van der Waals surface area (Å²) in [6.45, 7) is 3.05. The van der Waals surface area contributed by atoms with Crippen LogP contribution < -0.4 is 19.7 Å². The molecule has 1 saturated heterocycles. The molecule has 4 heterocycles. The van der Waals surface area contributed by atoms with E-state index in [1.54, 1.807) is 6.07 Å². The van der Waals surface area contributed by atoms with Crippen LogP contribution in [0.2, 0.25) is 0 Å². The summed E-state index contributed by atoms with van der Waals surface area (Å²) < 4.78 is 13.9. The smallest absolute Gasteiger partial charge is 0.321 e. The molecular formula is C24H22BrN5O3. The van der Waals surface area contributed by atoms with Crippen molar-refractivity contribution >= 4 is 50.0 Å². The third-order valence-corrected chi connectivity index (χ3v) is 6.60. The molecule has 0 aliphatic carbocycles. The summed E-state index contributed by atoms with van der Waals surface area (Å²) in [5.74, 6) is 2.30. The quantitative estimate of drug-likeness (QED) is 0.424. The van der Waals surface area contributed by atoms with Crippen molar-refractivity contribution in [2.24, 2.45) is 0 Å². The first-order valence-electron chi connectivity index (χ1n) is 10.9. The summed E-state index contributed by atoms with van der Waals surface area (Å²) in [5.41, 5.74) is 3.77. The Hall–Kier alpha value is -3.46. The lowest BCUT2D eigenvalue weighted by Crippen LogP contribution is -2.38. The minimum atomic E-state index is -0.112. The van der Waals surface area contributed by atoms with Crippen LogP contribution in [0.5, 0.6) is 11.5 Å². The Morgan fingerprint density at radius 2 is 1.88 bits per heavy atom. The number of rotatable bonds is 2. The summed E-state index contributed by atoms with van der Waals surface area (Å²) in [7, 11) is 0. The van der Waals surface area contributed by atoms with Crippen LogP contribution in [0, 0.1) is 0 Å². The fraction of sp³-hybridized carbons (Fsp3) is 0.250. The second-order valence-corrected chi connectivity index (χ2v) is 9.07. The van der Waals surface area contributed by atoms with Crippen molar-refractivity contribution in [2.75, 3.05) is 43.2 Å². The molecule has 0 saturated carbocycles. The van der Waals surface area contributed by atoms with E-state index in [0.717, 1.165) is 39.8 Å². The highest BCUT2D eigenvalue weighted by Crippen LogP contribution is 2.34. The number of nitrogens with one attached hydrogen (secondary N) is 1. The lowest BCUT2D eigenvalue weighted by Gasteiger charge is -2.24. The predicted molar refractivity (Wildman–Crippen MR) is 130 cm³/mol. The van der Waals surface area contributed by atoms with Crippen molar-refractivity contribution in [3.8, 4) is 11.5 Å². The molecule has 0 unspecified atom stereocenters. The number of carbonyl (C=O) groups excluding carboxylic acids is 1. The number of nitrogens with zero attached hydrogens (tertiary/aromatic N) is 4. The minimum absolute atomic E-state index is 0.112. The molecule has 2 aliphatic heterocycles. The predicted octanol–water partition coefficient (Wildman–Crippen LogP) is 4.72. The van der Waals surface area contributed by atoms with Gasteiger partial charge in [-0.3, -0.25) is 0 Å². The minimum Gasteiger partial charge on any atom is -0.454 e. The molecule has 0 atom stereocenters. The number of fused-ring (bicyclic) bond motifs is 4. The van der Waals surface area contributed by atoms with Crippen molar-refractivity contribution in [1.29, 1.82) is 0 Å². The van der Waals surface area contributed by atoms with Gasteiger partial charge in [0.25, 0.3) is 0 Å². The van der Waals surface area contributed by atoms with Gasteiger partial charge in [0.15, 0.2) is 17.3 Å². The number of hydrogen-bond donors (Lipinski definition) is 1. The van der Waals surface area contributed by atoms with E-state index in [1.807, 2.05) is 35.2 Å². The first-order valence-corrected chi connectivity index (χ1v) is 11.7. The Bertz CT molecular complexity index is 1370. The van der Waals surface area contributed by atoms with E-state index < -0.39 is 0 Å². The maximum Gasteiger partial charge on any atom is 0.321 e. The van der Waals surface area contributed by atoms with Crippen molar-refractivity contribution in [2.45, 2.75) is 6.42 Å². The Kier molecular flexibility index (Phi) is 4.98. The number of carbonyl (C=O) groups is 1. The number of ether oxygens (including phenoxy) is 2. The van der Waals surface area contributed by atoms with Gasteiger partial charge < -0.3 is 29.0 Å². The molecule has 0 spiro atoms. The van der Waals surface area contributed by atoms with Gasteiger partial charge in [-0.2, -0.15) is 0 Å². The number of halogens is 1. The Morgan fingerprint density at radius 3 is 2.82 bits per heavy atom. The van der Waals surface area contributed by atoms with Crippen LogP contribution >= 0.6 is 15.9 Å². The molecule has 8 nitrogen and oxygen atoms in total. The van der Waals surface area contributed by atoms with Gasteiger partial charge in [-0.25, -0.2) is 9.78 Å². The topological polar surface area (TPSA) is 71.3 Å². The summed E-state index contributed by atoms with van der Waals surface area (Å²) in [6.07, 6.45) is 2.93. The van der Waals surface area contributed by atoms with Crippen LogP contribution in [0.3, 0.4) is 0 Å². The van der Waals surface area contributed by atoms with Gasteiger partial charge in [-0.05, 0) is 48.9 Å². The highest BCUT2D eigenvalue weighted by Gasteiger charge is 2.23. The summed E-state index contributed by atoms with van der Waals surface area (Å²) in [4.78, 5) is 22.1. The van der Waals surface area contributed by atoms with Crippen LogP contribution in [0.4, 0.5) is 16.3 Å². The van der Waals surface area contributed by atoms with Crippen LogP contribution in [0.25, 0.3) is 16.6 Å². The zero-order valence-corrected chi connectivity index (χ0v) is 19.4. The van der Waals surface area contributed by atoms with Crippen LogP contribution in [-0.2, 0) is 0 Å². The summed E-state index contributed by atoms with van der Waals surface area (Å²) in [6, 6.07) is 15.6. The van der Waals surface area contributed by atoms with E-state index in [-0.39, 0.29) is 12.8 Å². The fourth-order valence-corrected chi connectivity index (χ4v) is 4.83. The number of amides is 2. The maximum absolute atomic E-state index is 12.9. The third kappa shape index (κ3) is 3.72. The van der Waals surface area contributed by atoms with E-state index in [4.69, 9.17) is 14.5 Å². The molecule has 33 heavy (non-hydrogen) atoms. The first kappa shape index (κ1) is 20.2. The average Bonchev–Trinajstić information content (AvgIpc) is 3.42. The van der Waals surface area contributed by atoms with E-state index in [2.05, 4.69) is 48.9 Å². The number of aromatic nitrogens is 2. The zero-order chi connectivity index (χ0) is 22.4.